The molecule has 1 atom stereocenters. The lowest BCUT2D eigenvalue weighted by Crippen LogP contribution is -2.35. The van der Waals surface area contributed by atoms with Crippen LogP contribution in [0.3, 0.4) is 0 Å². The number of nitrogens with zero attached hydrogens (tertiary/aromatic N) is 2. The molecule has 1 aromatic heterocycles. The monoisotopic (exact) mass is 252 g/mol. The quantitative estimate of drug-likeness (QED) is 0.708. The molecule has 0 radical (unpaired) electrons. The molecule has 1 amide bonds. The van der Waals surface area contributed by atoms with Crippen LogP contribution in [0.4, 0.5) is 0 Å². The summed E-state index contributed by atoms with van der Waals surface area (Å²) in [4.78, 5) is 11.6. The molecule has 0 aromatic carbocycles. The van der Waals surface area contributed by atoms with Gasteiger partial charge in [0, 0.05) is 31.2 Å². The lowest BCUT2D eigenvalue weighted by molar-refractivity contribution is -0.124. The Morgan fingerprint density at radius 3 is 2.78 bits per heavy atom. The maximum atomic E-state index is 11.6. The van der Waals surface area contributed by atoms with E-state index in [-0.39, 0.29) is 11.8 Å². The van der Waals surface area contributed by atoms with E-state index in [2.05, 4.69) is 21.8 Å². The fraction of sp³-hybridized carbons (Fsp3) is 0.692. The van der Waals surface area contributed by atoms with Crippen LogP contribution in [0.15, 0.2) is 6.07 Å². The molecule has 0 aliphatic heterocycles. The summed E-state index contributed by atoms with van der Waals surface area (Å²) < 4.78 is 1.98. The number of hydrogen-bond donors (Lipinski definition) is 2. The van der Waals surface area contributed by atoms with Crippen molar-refractivity contribution in [3.05, 3.63) is 17.5 Å². The van der Waals surface area contributed by atoms with Crippen molar-refractivity contribution in [3.8, 4) is 0 Å². The minimum absolute atomic E-state index is 0.0173. The van der Waals surface area contributed by atoms with Crippen molar-refractivity contribution >= 4 is 5.91 Å². The molecule has 18 heavy (non-hydrogen) atoms. The van der Waals surface area contributed by atoms with Crippen LogP contribution in [0.25, 0.3) is 0 Å². The van der Waals surface area contributed by atoms with Gasteiger partial charge in [-0.25, -0.2) is 0 Å². The van der Waals surface area contributed by atoms with Crippen molar-refractivity contribution in [2.45, 2.75) is 33.7 Å². The van der Waals surface area contributed by atoms with E-state index in [1.54, 1.807) is 0 Å². The maximum absolute atomic E-state index is 11.6. The summed E-state index contributed by atoms with van der Waals surface area (Å²) in [5, 5.41) is 10.3. The van der Waals surface area contributed by atoms with Gasteiger partial charge in [-0.3, -0.25) is 9.48 Å². The zero-order valence-electron chi connectivity index (χ0n) is 11.8. The van der Waals surface area contributed by atoms with Gasteiger partial charge in [0.25, 0.3) is 0 Å². The largest absolute Gasteiger partial charge is 0.356 e. The van der Waals surface area contributed by atoms with E-state index < -0.39 is 0 Å². The maximum Gasteiger partial charge on any atom is 0.224 e. The number of aromatic nitrogens is 2. The summed E-state index contributed by atoms with van der Waals surface area (Å²) in [7, 11) is 1.85. The molecule has 5 heteroatoms. The molecule has 0 aliphatic rings. The van der Waals surface area contributed by atoms with Gasteiger partial charge in [-0.15, -0.1) is 0 Å². The molecular formula is C13H24N4O. The highest BCUT2D eigenvalue weighted by atomic mass is 16.1. The van der Waals surface area contributed by atoms with Crippen molar-refractivity contribution in [1.29, 1.82) is 0 Å². The van der Waals surface area contributed by atoms with E-state index in [4.69, 9.17) is 0 Å². The molecule has 0 saturated carbocycles. The minimum atomic E-state index is 0.0173. The second kappa shape index (κ2) is 7.16. The molecule has 1 aromatic rings. The highest BCUT2D eigenvalue weighted by Gasteiger charge is 2.10. The molecular weight excluding hydrogens is 228 g/mol. The highest BCUT2D eigenvalue weighted by molar-refractivity contribution is 5.78. The average Bonchev–Trinajstić information content (AvgIpc) is 2.63. The number of carbonyl (C=O) groups excluding carboxylic acids is 1. The molecule has 0 saturated heterocycles. The molecule has 1 heterocycles. The second-order valence-electron chi connectivity index (χ2n) is 4.75. The Bertz CT molecular complexity index is 386. The third kappa shape index (κ3) is 4.49. The molecule has 0 bridgehead atoms. The van der Waals surface area contributed by atoms with Gasteiger partial charge in [0.1, 0.15) is 0 Å². The summed E-state index contributed by atoms with van der Waals surface area (Å²) in [5.74, 6) is 0.126. The van der Waals surface area contributed by atoms with E-state index in [1.165, 1.54) is 5.69 Å². The zero-order valence-corrected chi connectivity index (χ0v) is 11.8. The van der Waals surface area contributed by atoms with Gasteiger partial charge in [0.2, 0.25) is 5.91 Å². The minimum Gasteiger partial charge on any atom is -0.356 e. The Balaban J connectivity index is 2.23. The van der Waals surface area contributed by atoms with E-state index in [0.29, 0.717) is 13.1 Å². The number of carbonyl (C=O) groups is 1. The van der Waals surface area contributed by atoms with E-state index in [1.807, 2.05) is 32.5 Å². The first kappa shape index (κ1) is 14.7. The smallest absolute Gasteiger partial charge is 0.224 e. The predicted octanol–water partition coefficient (Wildman–Crippen LogP) is 0.862. The third-order valence-electron chi connectivity index (χ3n) is 2.91. The Labute approximate surface area is 109 Å². The van der Waals surface area contributed by atoms with Crippen LogP contribution >= 0.6 is 0 Å². The van der Waals surface area contributed by atoms with Crippen molar-refractivity contribution in [3.63, 3.8) is 0 Å². The first-order valence-corrected chi connectivity index (χ1v) is 6.48. The van der Waals surface area contributed by atoms with Gasteiger partial charge in [-0.2, -0.15) is 5.10 Å². The van der Waals surface area contributed by atoms with Crippen LogP contribution in [-0.4, -0.2) is 35.8 Å². The predicted molar refractivity (Wildman–Crippen MR) is 72.4 cm³/mol. The summed E-state index contributed by atoms with van der Waals surface area (Å²) in [6, 6.07) is 2.06. The highest BCUT2D eigenvalue weighted by Crippen LogP contribution is 2.02. The van der Waals surface area contributed by atoms with Crippen molar-refractivity contribution in [2.24, 2.45) is 5.92 Å². The topological polar surface area (TPSA) is 59.0 Å². The number of hydrogen-bond acceptors (Lipinski definition) is 3. The Kier molecular flexibility index (Phi) is 5.85. The van der Waals surface area contributed by atoms with Gasteiger partial charge >= 0.3 is 0 Å². The molecule has 1 unspecified atom stereocenters. The van der Waals surface area contributed by atoms with Crippen molar-refractivity contribution in [1.82, 2.24) is 20.4 Å². The number of rotatable bonds is 7. The fourth-order valence-electron chi connectivity index (χ4n) is 1.91. The number of amides is 1. The number of aryl methyl sites for hydroxylation is 3. The number of nitrogens with one attached hydrogen (secondary N) is 2. The van der Waals surface area contributed by atoms with Crippen LogP contribution in [0.1, 0.15) is 24.7 Å². The van der Waals surface area contributed by atoms with Crippen molar-refractivity contribution in [2.75, 3.05) is 20.1 Å². The zero-order chi connectivity index (χ0) is 13.5. The molecule has 0 aliphatic carbocycles. The van der Waals surface area contributed by atoms with Crippen LogP contribution in [0.2, 0.25) is 0 Å². The van der Waals surface area contributed by atoms with Crippen LogP contribution < -0.4 is 10.6 Å². The Morgan fingerprint density at radius 1 is 1.50 bits per heavy atom. The third-order valence-corrected chi connectivity index (χ3v) is 2.91. The van der Waals surface area contributed by atoms with E-state index >= 15 is 0 Å². The SMILES string of the molecule is CNCC(C)C(=O)NCCCn1nc(C)cc1C. The summed E-state index contributed by atoms with van der Waals surface area (Å²) >= 11 is 0. The van der Waals surface area contributed by atoms with Gasteiger partial charge < -0.3 is 10.6 Å². The summed E-state index contributed by atoms with van der Waals surface area (Å²) in [5.41, 5.74) is 2.21. The van der Waals surface area contributed by atoms with Gasteiger partial charge in [-0.1, -0.05) is 6.92 Å². The van der Waals surface area contributed by atoms with Crippen molar-refractivity contribution < 1.29 is 4.79 Å². The van der Waals surface area contributed by atoms with Crippen LogP contribution in [-0.2, 0) is 11.3 Å². The molecule has 0 spiro atoms. The summed E-state index contributed by atoms with van der Waals surface area (Å²) in [6.45, 7) is 8.22. The van der Waals surface area contributed by atoms with Gasteiger partial charge in [0.15, 0.2) is 0 Å². The van der Waals surface area contributed by atoms with Crippen LogP contribution in [0.5, 0.6) is 0 Å². The molecule has 102 valence electrons. The summed E-state index contributed by atoms with van der Waals surface area (Å²) in [6.07, 6.45) is 0.903. The molecule has 0 fully saturated rings. The molecule has 2 N–H and O–H groups in total. The fourth-order valence-corrected chi connectivity index (χ4v) is 1.91. The first-order chi connectivity index (χ1) is 8.54. The van der Waals surface area contributed by atoms with Gasteiger partial charge in [0.05, 0.1) is 5.69 Å². The lowest BCUT2D eigenvalue weighted by atomic mass is 10.1. The van der Waals surface area contributed by atoms with Crippen LogP contribution in [0, 0.1) is 19.8 Å². The normalized spacial score (nSPS) is 12.4. The molecule has 5 nitrogen and oxygen atoms in total. The van der Waals surface area contributed by atoms with Gasteiger partial charge in [-0.05, 0) is 33.4 Å². The molecule has 1 rings (SSSR count). The first-order valence-electron chi connectivity index (χ1n) is 6.48. The Hall–Kier alpha value is -1.36. The standard InChI is InChI=1S/C13H24N4O/c1-10(9-14-4)13(18)15-6-5-7-17-12(3)8-11(2)16-17/h8,10,14H,5-7,9H2,1-4H3,(H,15,18). The van der Waals surface area contributed by atoms with E-state index in [9.17, 15) is 4.79 Å². The Morgan fingerprint density at radius 2 is 2.22 bits per heavy atom. The van der Waals surface area contributed by atoms with E-state index in [0.717, 1.165) is 18.7 Å². The second-order valence-corrected chi connectivity index (χ2v) is 4.75. The lowest BCUT2D eigenvalue weighted by Gasteiger charge is -2.11. The average molecular weight is 252 g/mol.